The number of nitrogens with one attached hydrogen (secondary N) is 1. The van der Waals surface area contributed by atoms with Crippen LogP contribution in [0.1, 0.15) is 51.4 Å². The second-order valence-corrected chi connectivity index (χ2v) is 7.16. The summed E-state index contributed by atoms with van der Waals surface area (Å²) in [4.78, 5) is 38.4. The first-order valence-corrected chi connectivity index (χ1v) is 8.60. The molecule has 0 saturated heterocycles. The van der Waals surface area contributed by atoms with Crippen LogP contribution >= 0.6 is 0 Å². The number of anilines is 1. The van der Waals surface area contributed by atoms with Crippen LogP contribution in [0.15, 0.2) is 18.2 Å². The molecule has 0 aromatic heterocycles. The maximum Gasteiger partial charge on any atom is 0.271 e. The van der Waals surface area contributed by atoms with Gasteiger partial charge in [-0.05, 0) is 38.0 Å². The molecule has 2 amide bonds. The number of ether oxygens (including phenoxy) is 1. The summed E-state index contributed by atoms with van der Waals surface area (Å²) in [6, 6.07) is 5.00. The number of nitrogens with zero attached hydrogens (tertiary/aromatic N) is 1. The van der Waals surface area contributed by atoms with Crippen LogP contribution < -0.4 is 15.0 Å². The topological polar surface area (TPSA) is 75.7 Å². The maximum absolute atomic E-state index is 12.8. The van der Waals surface area contributed by atoms with Crippen LogP contribution in [0.5, 0.6) is 5.75 Å². The Balaban J connectivity index is 2.35. The lowest BCUT2D eigenvalue weighted by Gasteiger charge is -2.38. The first-order valence-electron chi connectivity index (χ1n) is 8.60. The number of carbonyl (C=O) groups is 3. The molecule has 1 aromatic rings. The Morgan fingerprint density at radius 3 is 2.56 bits per heavy atom. The number of benzene rings is 1. The van der Waals surface area contributed by atoms with Gasteiger partial charge in [0.1, 0.15) is 12.3 Å². The zero-order valence-corrected chi connectivity index (χ0v) is 15.5. The SMILES string of the molecule is CCC(=O)c1ccc2c(c1)N(CC(=O)NCC(C)C)C(=O)C(C)(C)O2. The molecule has 1 heterocycles. The van der Waals surface area contributed by atoms with Crippen LogP contribution in [0.3, 0.4) is 0 Å². The number of rotatable bonds is 6. The molecule has 0 radical (unpaired) electrons. The van der Waals surface area contributed by atoms with Crippen molar-refractivity contribution in [2.75, 3.05) is 18.0 Å². The second-order valence-electron chi connectivity index (χ2n) is 7.16. The maximum atomic E-state index is 12.8. The van der Waals surface area contributed by atoms with Gasteiger partial charge in [-0.3, -0.25) is 19.3 Å². The molecule has 6 nitrogen and oxygen atoms in total. The molecule has 1 aliphatic heterocycles. The largest absolute Gasteiger partial charge is 0.476 e. The number of hydrogen-bond acceptors (Lipinski definition) is 4. The Bertz CT molecular complexity index is 695. The molecular formula is C19H26N2O4. The van der Waals surface area contributed by atoms with E-state index >= 15 is 0 Å². The van der Waals surface area contributed by atoms with Crippen LogP contribution in [-0.4, -0.2) is 36.3 Å². The summed E-state index contributed by atoms with van der Waals surface area (Å²) in [5.41, 5.74) is -0.102. The average Bonchev–Trinajstić information content (AvgIpc) is 2.55. The quantitative estimate of drug-likeness (QED) is 0.803. The van der Waals surface area contributed by atoms with Crippen molar-refractivity contribution < 1.29 is 19.1 Å². The van der Waals surface area contributed by atoms with Gasteiger partial charge in [0.25, 0.3) is 5.91 Å². The summed E-state index contributed by atoms with van der Waals surface area (Å²) in [5.74, 6) is 0.249. The van der Waals surface area contributed by atoms with E-state index in [2.05, 4.69) is 5.32 Å². The lowest BCUT2D eigenvalue weighted by Crippen LogP contribution is -2.55. The summed E-state index contributed by atoms with van der Waals surface area (Å²) < 4.78 is 5.78. The number of amides is 2. The third-order valence-corrected chi connectivity index (χ3v) is 4.03. The van der Waals surface area contributed by atoms with E-state index in [9.17, 15) is 14.4 Å². The van der Waals surface area contributed by atoms with Crippen LogP contribution in [0.25, 0.3) is 0 Å². The summed E-state index contributed by atoms with van der Waals surface area (Å²) in [5, 5.41) is 2.82. The number of fused-ring (bicyclic) bond motifs is 1. The third-order valence-electron chi connectivity index (χ3n) is 4.03. The van der Waals surface area contributed by atoms with Crippen molar-refractivity contribution in [3.63, 3.8) is 0 Å². The molecule has 0 bridgehead atoms. The predicted octanol–water partition coefficient (Wildman–Crippen LogP) is 2.56. The Morgan fingerprint density at radius 2 is 1.96 bits per heavy atom. The molecule has 6 heteroatoms. The molecule has 0 atom stereocenters. The molecule has 1 aliphatic rings. The summed E-state index contributed by atoms with van der Waals surface area (Å²) in [7, 11) is 0. The van der Waals surface area contributed by atoms with Gasteiger partial charge in [0.2, 0.25) is 5.91 Å². The van der Waals surface area contributed by atoms with Gasteiger partial charge < -0.3 is 10.1 Å². The fourth-order valence-corrected chi connectivity index (χ4v) is 2.62. The zero-order chi connectivity index (χ0) is 18.8. The predicted molar refractivity (Wildman–Crippen MR) is 96.0 cm³/mol. The van der Waals surface area contributed by atoms with E-state index in [1.165, 1.54) is 4.90 Å². The van der Waals surface area contributed by atoms with E-state index in [1.807, 2.05) is 13.8 Å². The molecule has 1 aromatic carbocycles. The van der Waals surface area contributed by atoms with E-state index in [-0.39, 0.29) is 24.1 Å². The Labute approximate surface area is 148 Å². The first kappa shape index (κ1) is 19.0. The highest BCUT2D eigenvalue weighted by atomic mass is 16.5. The van der Waals surface area contributed by atoms with Crippen LogP contribution in [0, 0.1) is 5.92 Å². The van der Waals surface area contributed by atoms with Crippen molar-refractivity contribution in [3.05, 3.63) is 23.8 Å². The van der Waals surface area contributed by atoms with Crippen LogP contribution in [0.2, 0.25) is 0 Å². The first-order chi connectivity index (χ1) is 11.7. The Hall–Kier alpha value is -2.37. The van der Waals surface area contributed by atoms with Crippen molar-refractivity contribution in [2.45, 2.75) is 46.6 Å². The van der Waals surface area contributed by atoms with E-state index in [0.29, 0.717) is 35.9 Å². The normalized spacial score (nSPS) is 15.6. The fourth-order valence-electron chi connectivity index (χ4n) is 2.62. The molecule has 0 fully saturated rings. The van der Waals surface area contributed by atoms with Gasteiger partial charge in [0.15, 0.2) is 11.4 Å². The van der Waals surface area contributed by atoms with E-state index in [4.69, 9.17) is 4.74 Å². The second kappa shape index (κ2) is 7.25. The highest BCUT2D eigenvalue weighted by Gasteiger charge is 2.41. The molecule has 0 unspecified atom stereocenters. The molecule has 0 aliphatic carbocycles. The molecule has 2 rings (SSSR count). The van der Waals surface area contributed by atoms with Gasteiger partial charge >= 0.3 is 0 Å². The summed E-state index contributed by atoms with van der Waals surface area (Å²) in [6.45, 7) is 9.56. The lowest BCUT2D eigenvalue weighted by molar-refractivity contribution is -0.134. The van der Waals surface area contributed by atoms with Gasteiger partial charge in [-0.2, -0.15) is 0 Å². The van der Waals surface area contributed by atoms with Crippen molar-refractivity contribution in [1.29, 1.82) is 0 Å². The summed E-state index contributed by atoms with van der Waals surface area (Å²) in [6.07, 6.45) is 0.369. The molecular weight excluding hydrogens is 320 g/mol. The smallest absolute Gasteiger partial charge is 0.271 e. The van der Waals surface area contributed by atoms with Gasteiger partial charge in [-0.25, -0.2) is 0 Å². The minimum Gasteiger partial charge on any atom is -0.476 e. The molecule has 136 valence electrons. The van der Waals surface area contributed by atoms with Crippen LogP contribution in [-0.2, 0) is 9.59 Å². The standard InChI is InChI=1S/C19H26N2O4/c1-6-15(22)13-7-8-16-14(9-13)21(18(24)19(4,5)25-16)11-17(23)20-10-12(2)3/h7-9,12H,6,10-11H2,1-5H3,(H,20,23). The molecule has 0 spiro atoms. The summed E-state index contributed by atoms with van der Waals surface area (Å²) >= 11 is 0. The van der Waals surface area contributed by atoms with Gasteiger partial charge in [0.05, 0.1) is 5.69 Å². The van der Waals surface area contributed by atoms with Crippen molar-refractivity contribution in [3.8, 4) is 5.75 Å². The number of carbonyl (C=O) groups excluding carboxylic acids is 3. The highest BCUT2D eigenvalue weighted by Crippen LogP contribution is 2.38. The number of hydrogen-bond donors (Lipinski definition) is 1. The van der Waals surface area contributed by atoms with E-state index < -0.39 is 5.60 Å². The van der Waals surface area contributed by atoms with Crippen molar-refractivity contribution in [2.24, 2.45) is 5.92 Å². The Morgan fingerprint density at radius 1 is 1.28 bits per heavy atom. The zero-order valence-electron chi connectivity index (χ0n) is 15.5. The van der Waals surface area contributed by atoms with Crippen molar-refractivity contribution >= 4 is 23.3 Å². The lowest BCUT2D eigenvalue weighted by atomic mass is 10.0. The van der Waals surface area contributed by atoms with Gasteiger partial charge in [0, 0.05) is 18.5 Å². The highest BCUT2D eigenvalue weighted by molar-refractivity contribution is 6.07. The van der Waals surface area contributed by atoms with E-state index in [0.717, 1.165) is 0 Å². The van der Waals surface area contributed by atoms with Crippen molar-refractivity contribution in [1.82, 2.24) is 5.32 Å². The monoisotopic (exact) mass is 346 g/mol. The van der Waals surface area contributed by atoms with Gasteiger partial charge in [-0.15, -0.1) is 0 Å². The Kier molecular flexibility index (Phi) is 5.50. The fraction of sp³-hybridized carbons (Fsp3) is 0.526. The molecule has 1 N–H and O–H groups in total. The number of Topliss-reactive ketones (excluding diaryl/α,β-unsaturated/α-hetero) is 1. The van der Waals surface area contributed by atoms with E-state index in [1.54, 1.807) is 39.0 Å². The molecule has 25 heavy (non-hydrogen) atoms. The number of ketones is 1. The average molecular weight is 346 g/mol. The molecule has 0 saturated carbocycles. The van der Waals surface area contributed by atoms with Gasteiger partial charge in [-0.1, -0.05) is 20.8 Å². The minimum absolute atomic E-state index is 0.0238. The third kappa shape index (κ3) is 4.18. The minimum atomic E-state index is -1.07. The van der Waals surface area contributed by atoms with Crippen LogP contribution in [0.4, 0.5) is 5.69 Å².